The van der Waals surface area contributed by atoms with Crippen molar-refractivity contribution in [1.29, 1.82) is 0 Å². The Bertz CT molecular complexity index is 734. The lowest BCUT2D eigenvalue weighted by molar-refractivity contribution is -0.152. The third-order valence-electron chi connectivity index (χ3n) is 4.65. The standard InChI is InChI=1S/C18H25NO5S/c1-25(23,24)13-14-7-6-8-15(11-14)19-16(20)12-18(17(21)22)9-4-2-3-5-10-18/h6-8,11H,2-5,9-10,12-13H2,1H3,(H,19,20)(H,21,22). The summed E-state index contributed by atoms with van der Waals surface area (Å²) in [6.07, 6.45) is 5.79. The first-order valence-corrected chi connectivity index (χ1v) is 10.6. The lowest BCUT2D eigenvalue weighted by atomic mass is 9.77. The Morgan fingerprint density at radius 3 is 2.36 bits per heavy atom. The third kappa shape index (κ3) is 5.85. The van der Waals surface area contributed by atoms with Gasteiger partial charge in [0.25, 0.3) is 0 Å². The maximum absolute atomic E-state index is 12.4. The summed E-state index contributed by atoms with van der Waals surface area (Å²) in [4.78, 5) is 24.2. The number of rotatable bonds is 6. The minimum atomic E-state index is -3.16. The van der Waals surface area contributed by atoms with E-state index in [0.717, 1.165) is 31.9 Å². The van der Waals surface area contributed by atoms with E-state index in [4.69, 9.17) is 0 Å². The average Bonchev–Trinajstić information content (AvgIpc) is 2.72. The molecule has 0 saturated heterocycles. The van der Waals surface area contributed by atoms with Crippen LogP contribution >= 0.6 is 0 Å². The molecule has 6 nitrogen and oxygen atoms in total. The zero-order chi connectivity index (χ0) is 18.5. The molecule has 1 amide bonds. The van der Waals surface area contributed by atoms with Crippen molar-refractivity contribution < 1.29 is 23.1 Å². The molecule has 0 unspecified atom stereocenters. The maximum Gasteiger partial charge on any atom is 0.310 e. The van der Waals surface area contributed by atoms with Crippen LogP contribution < -0.4 is 5.32 Å². The van der Waals surface area contributed by atoms with E-state index in [1.54, 1.807) is 24.3 Å². The number of anilines is 1. The predicted molar refractivity (Wildman–Crippen MR) is 96.0 cm³/mol. The highest BCUT2D eigenvalue weighted by atomic mass is 32.2. The van der Waals surface area contributed by atoms with Gasteiger partial charge in [0.2, 0.25) is 5.91 Å². The number of carbonyl (C=O) groups is 2. The Balaban J connectivity index is 2.08. The normalized spacial score (nSPS) is 17.5. The predicted octanol–water partition coefficient (Wildman–Crippen LogP) is 2.99. The van der Waals surface area contributed by atoms with Crippen LogP contribution in [0, 0.1) is 5.41 Å². The SMILES string of the molecule is CS(=O)(=O)Cc1cccc(NC(=O)CC2(C(=O)O)CCCCCC2)c1. The molecule has 0 heterocycles. The van der Waals surface area contributed by atoms with Gasteiger partial charge in [-0.05, 0) is 30.5 Å². The van der Waals surface area contributed by atoms with Gasteiger partial charge in [-0.3, -0.25) is 9.59 Å². The van der Waals surface area contributed by atoms with Gasteiger partial charge in [-0.2, -0.15) is 0 Å². The second kappa shape index (κ2) is 7.99. The van der Waals surface area contributed by atoms with Gasteiger partial charge in [-0.15, -0.1) is 0 Å². The molecule has 0 atom stereocenters. The number of nitrogens with one attached hydrogen (secondary N) is 1. The van der Waals surface area contributed by atoms with Gasteiger partial charge >= 0.3 is 5.97 Å². The van der Waals surface area contributed by atoms with Crippen LogP contribution in [0.5, 0.6) is 0 Å². The second-order valence-corrected chi connectivity index (χ2v) is 9.14. The minimum Gasteiger partial charge on any atom is -0.481 e. The molecule has 1 aromatic carbocycles. The van der Waals surface area contributed by atoms with Gasteiger partial charge in [-0.25, -0.2) is 8.42 Å². The summed E-state index contributed by atoms with van der Waals surface area (Å²) in [6, 6.07) is 6.64. The Kier molecular flexibility index (Phi) is 6.21. The quantitative estimate of drug-likeness (QED) is 0.753. The third-order valence-corrected chi connectivity index (χ3v) is 5.51. The monoisotopic (exact) mass is 367 g/mol. The number of aliphatic carboxylic acids is 1. The van der Waals surface area contributed by atoms with Crippen molar-refractivity contribution in [3.8, 4) is 0 Å². The minimum absolute atomic E-state index is 0.0569. The van der Waals surface area contributed by atoms with Crippen LogP contribution in [-0.4, -0.2) is 31.7 Å². The van der Waals surface area contributed by atoms with Crippen molar-refractivity contribution >= 4 is 27.4 Å². The van der Waals surface area contributed by atoms with Gasteiger partial charge in [0.15, 0.2) is 9.84 Å². The molecule has 0 aliphatic heterocycles. The highest BCUT2D eigenvalue weighted by molar-refractivity contribution is 7.89. The first kappa shape index (κ1) is 19.4. The Labute approximate surface area is 148 Å². The summed E-state index contributed by atoms with van der Waals surface area (Å²) in [6.45, 7) is 0. The maximum atomic E-state index is 12.4. The van der Waals surface area contributed by atoms with Gasteiger partial charge in [0.1, 0.15) is 0 Å². The Morgan fingerprint density at radius 2 is 1.80 bits per heavy atom. The van der Waals surface area contributed by atoms with Crippen molar-refractivity contribution in [1.82, 2.24) is 0 Å². The molecule has 0 bridgehead atoms. The highest BCUT2D eigenvalue weighted by Crippen LogP contribution is 2.38. The van der Waals surface area contributed by atoms with Gasteiger partial charge < -0.3 is 10.4 Å². The number of sulfone groups is 1. The van der Waals surface area contributed by atoms with E-state index in [0.29, 0.717) is 24.1 Å². The van der Waals surface area contributed by atoms with Crippen LogP contribution in [-0.2, 0) is 25.2 Å². The van der Waals surface area contributed by atoms with E-state index in [1.807, 2.05) is 0 Å². The molecule has 1 aliphatic rings. The summed E-state index contributed by atoms with van der Waals surface area (Å²) >= 11 is 0. The fraction of sp³-hybridized carbons (Fsp3) is 0.556. The fourth-order valence-electron chi connectivity index (χ4n) is 3.43. The van der Waals surface area contributed by atoms with Crippen molar-refractivity contribution in [3.05, 3.63) is 29.8 Å². The second-order valence-electron chi connectivity index (χ2n) is 7.00. The number of amides is 1. The Hall–Kier alpha value is -1.89. The average molecular weight is 367 g/mol. The molecular formula is C18H25NO5S. The molecule has 1 aliphatic carbocycles. The Morgan fingerprint density at radius 1 is 1.16 bits per heavy atom. The highest BCUT2D eigenvalue weighted by Gasteiger charge is 2.40. The van der Waals surface area contributed by atoms with Crippen molar-refractivity contribution in [3.63, 3.8) is 0 Å². The fourth-order valence-corrected chi connectivity index (χ4v) is 4.21. The largest absolute Gasteiger partial charge is 0.481 e. The van der Waals surface area contributed by atoms with Crippen LogP contribution in [0.3, 0.4) is 0 Å². The van der Waals surface area contributed by atoms with Crippen LogP contribution in [0.2, 0.25) is 0 Å². The number of hydrogen-bond donors (Lipinski definition) is 2. The number of carboxylic acids is 1. The molecule has 138 valence electrons. The smallest absolute Gasteiger partial charge is 0.310 e. The van der Waals surface area contributed by atoms with Crippen molar-refractivity contribution in [2.24, 2.45) is 5.41 Å². The first-order chi connectivity index (χ1) is 11.7. The number of benzene rings is 1. The van der Waals surface area contributed by atoms with Gasteiger partial charge in [0.05, 0.1) is 11.2 Å². The number of carbonyl (C=O) groups excluding carboxylic acids is 1. The van der Waals surface area contributed by atoms with Crippen LogP contribution in [0.1, 0.15) is 50.5 Å². The first-order valence-electron chi connectivity index (χ1n) is 8.50. The zero-order valence-corrected chi connectivity index (χ0v) is 15.3. The lowest BCUT2D eigenvalue weighted by Crippen LogP contribution is -2.35. The molecule has 1 saturated carbocycles. The van der Waals surface area contributed by atoms with Crippen LogP contribution in [0.25, 0.3) is 0 Å². The van der Waals surface area contributed by atoms with Gasteiger partial charge in [0, 0.05) is 18.4 Å². The van der Waals surface area contributed by atoms with E-state index >= 15 is 0 Å². The van der Waals surface area contributed by atoms with Crippen LogP contribution in [0.15, 0.2) is 24.3 Å². The molecule has 2 N–H and O–H groups in total. The summed E-state index contributed by atoms with van der Waals surface area (Å²) in [5.41, 5.74) is 0.0772. The molecule has 1 fully saturated rings. The van der Waals surface area contributed by atoms with E-state index in [-0.39, 0.29) is 18.1 Å². The molecule has 0 aromatic heterocycles. The topological polar surface area (TPSA) is 101 Å². The van der Waals surface area contributed by atoms with Gasteiger partial charge in [-0.1, -0.05) is 37.8 Å². The number of hydrogen-bond acceptors (Lipinski definition) is 4. The summed E-state index contributed by atoms with van der Waals surface area (Å²) in [5, 5.41) is 12.4. The zero-order valence-electron chi connectivity index (χ0n) is 14.5. The lowest BCUT2D eigenvalue weighted by Gasteiger charge is -2.27. The summed E-state index contributed by atoms with van der Waals surface area (Å²) in [7, 11) is -3.16. The molecule has 0 radical (unpaired) electrons. The molecule has 25 heavy (non-hydrogen) atoms. The number of carboxylic acid groups (broad SMARTS) is 1. The molecule has 0 spiro atoms. The van der Waals surface area contributed by atoms with E-state index < -0.39 is 21.2 Å². The molecule has 1 aromatic rings. The summed E-state index contributed by atoms with van der Waals surface area (Å²) < 4.78 is 22.8. The molecule has 7 heteroatoms. The summed E-state index contributed by atoms with van der Waals surface area (Å²) in [5.74, 6) is -1.35. The molecule has 2 rings (SSSR count). The molecular weight excluding hydrogens is 342 g/mol. The van der Waals surface area contributed by atoms with Crippen LogP contribution in [0.4, 0.5) is 5.69 Å². The van der Waals surface area contributed by atoms with Crippen molar-refractivity contribution in [2.45, 2.75) is 50.7 Å². The van der Waals surface area contributed by atoms with E-state index in [9.17, 15) is 23.1 Å². The van der Waals surface area contributed by atoms with E-state index in [2.05, 4.69) is 5.32 Å². The van der Waals surface area contributed by atoms with E-state index in [1.165, 1.54) is 0 Å². The van der Waals surface area contributed by atoms with Crippen molar-refractivity contribution in [2.75, 3.05) is 11.6 Å².